The number of anilines is 1. The van der Waals surface area contributed by atoms with E-state index in [4.69, 9.17) is 9.47 Å². The van der Waals surface area contributed by atoms with Crippen LogP contribution in [0.3, 0.4) is 0 Å². The molecular formula is C15H22N2O3. The van der Waals surface area contributed by atoms with Gasteiger partial charge in [0.15, 0.2) is 0 Å². The molecule has 5 nitrogen and oxygen atoms in total. The third-order valence-electron chi connectivity index (χ3n) is 3.00. The molecule has 1 aliphatic rings. The molecule has 0 saturated heterocycles. The molecule has 20 heavy (non-hydrogen) atoms. The first-order valence-corrected chi connectivity index (χ1v) is 6.89. The average Bonchev–Trinajstić information content (AvgIpc) is 2.36. The Balaban J connectivity index is 2.26. The van der Waals surface area contributed by atoms with Gasteiger partial charge in [0, 0.05) is 13.7 Å². The molecule has 2 heterocycles. The highest BCUT2D eigenvalue weighted by molar-refractivity contribution is 5.88. The lowest BCUT2D eigenvalue weighted by atomic mass is 10.1. The van der Waals surface area contributed by atoms with Crippen molar-refractivity contribution in [3.8, 4) is 0 Å². The molecule has 1 aliphatic heterocycles. The zero-order chi connectivity index (χ0) is 14.8. The molecule has 0 spiro atoms. The van der Waals surface area contributed by atoms with E-state index in [0.717, 1.165) is 24.1 Å². The maximum atomic E-state index is 12.3. The Bertz CT molecular complexity index is 494. The van der Waals surface area contributed by atoms with Crippen LogP contribution < -0.4 is 4.90 Å². The van der Waals surface area contributed by atoms with Crippen molar-refractivity contribution in [3.05, 3.63) is 23.4 Å². The number of carbonyl (C=O) groups is 1. The molecule has 5 heteroatoms. The van der Waals surface area contributed by atoms with Gasteiger partial charge in [-0.1, -0.05) is 6.07 Å². The second-order valence-corrected chi connectivity index (χ2v) is 5.95. The number of aromatic nitrogens is 1. The van der Waals surface area contributed by atoms with Crippen molar-refractivity contribution < 1.29 is 14.3 Å². The number of fused-ring (bicyclic) bond motifs is 1. The first-order valence-electron chi connectivity index (χ1n) is 6.89. The van der Waals surface area contributed by atoms with E-state index in [1.54, 1.807) is 12.0 Å². The van der Waals surface area contributed by atoms with Gasteiger partial charge in [-0.25, -0.2) is 9.78 Å². The zero-order valence-corrected chi connectivity index (χ0v) is 12.6. The fourth-order valence-electron chi connectivity index (χ4n) is 2.20. The molecule has 0 bridgehead atoms. The topological polar surface area (TPSA) is 51.7 Å². The van der Waals surface area contributed by atoms with Gasteiger partial charge in [-0.15, -0.1) is 0 Å². The van der Waals surface area contributed by atoms with Crippen LogP contribution in [0.1, 0.15) is 38.4 Å². The second-order valence-electron chi connectivity index (χ2n) is 5.95. The summed E-state index contributed by atoms with van der Waals surface area (Å²) in [5.74, 6) is 0.708. The van der Waals surface area contributed by atoms with Gasteiger partial charge in [-0.3, -0.25) is 4.90 Å². The van der Waals surface area contributed by atoms with Crippen molar-refractivity contribution in [3.63, 3.8) is 0 Å². The first kappa shape index (κ1) is 14.8. The third-order valence-corrected chi connectivity index (χ3v) is 3.00. The Morgan fingerprint density at radius 1 is 1.40 bits per heavy atom. The van der Waals surface area contributed by atoms with E-state index < -0.39 is 5.60 Å². The number of aryl methyl sites for hydroxylation is 1. The van der Waals surface area contributed by atoms with Crippen molar-refractivity contribution in [2.24, 2.45) is 0 Å². The standard InChI is InChI=1S/C15H22N2O3/c1-15(2,3)20-14(18)17-9-5-6-11-7-8-12(10-19-4)16-13(11)17/h7-8H,5-6,9-10H2,1-4H3. The summed E-state index contributed by atoms with van der Waals surface area (Å²) >= 11 is 0. The predicted molar refractivity (Wildman–Crippen MR) is 76.9 cm³/mol. The van der Waals surface area contributed by atoms with E-state index in [9.17, 15) is 4.79 Å². The molecule has 0 atom stereocenters. The smallest absolute Gasteiger partial charge is 0.416 e. The quantitative estimate of drug-likeness (QED) is 0.834. The number of ether oxygens (including phenoxy) is 2. The molecular weight excluding hydrogens is 256 g/mol. The van der Waals surface area contributed by atoms with Crippen molar-refractivity contribution in [2.45, 2.75) is 45.8 Å². The molecule has 1 amide bonds. The highest BCUT2D eigenvalue weighted by Gasteiger charge is 2.28. The van der Waals surface area contributed by atoms with E-state index in [1.165, 1.54) is 0 Å². The van der Waals surface area contributed by atoms with Crippen LogP contribution in [-0.4, -0.2) is 30.3 Å². The summed E-state index contributed by atoms with van der Waals surface area (Å²) in [5, 5.41) is 0. The lowest BCUT2D eigenvalue weighted by Gasteiger charge is -2.31. The maximum absolute atomic E-state index is 12.3. The minimum Gasteiger partial charge on any atom is -0.443 e. The van der Waals surface area contributed by atoms with Gasteiger partial charge >= 0.3 is 6.09 Å². The molecule has 1 aromatic rings. The van der Waals surface area contributed by atoms with E-state index in [1.807, 2.05) is 32.9 Å². The number of nitrogens with zero attached hydrogens (tertiary/aromatic N) is 2. The molecule has 0 fully saturated rings. The fourth-order valence-corrected chi connectivity index (χ4v) is 2.20. The van der Waals surface area contributed by atoms with E-state index in [-0.39, 0.29) is 6.09 Å². The summed E-state index contributed by atoms with van der Waals surface area (Å²) < 4.78 is 10.5. The van der Waals surface area contributed by atoms with Gasteiger partial charge in [-0.2, -0.15) is 0 Å². The summed E-state index contributed by atoms with van der Waals surface area (Å²) in [4.78, 5) is 18.4. The average molecular weight is 278 g/mol. The van der Waals surface area contributed by atoms with Crippen molar-refractivity contribution in [2.75, 3.05) is 18.6 Å². The van der Waals surface area contributed by atoms with Gasteiger partial charge in [0.05, 0.1) is 12.3 Å². The van der Waals surface area contributed by atoms with Gasteiger partial charge in [-0.05, 0) is 45.2 Å². The number of amides is 1. The van der Waals surface area contributed by atoms with Crippen molar-refractivity contribution >= 4 is 11.9 Å². The Labute approximate surface area is 119 Å². The fraction of sp³-hybridized carbons (Fsp3) is 0.600. The predicted octanol–water partition coefficient (Wildman–Crippen LogP) is 2.92. The Morgan fingerprint density at radius 2 is 2.15 bits per heavy atom. The number of carbonyl (C=O) groups excluding carboxylic acids is 1. The van der Waals surface area contributed by atoms with Crippen LogP contribution in [0.5, 0.6) is 0 Å². The van der Waals surface area contributed by atoms with E-state index in [0.29, 0.717) is 19.0 Å². The van der Waals surface area contributed by atoms with Gasteiger partial charge in [0.25, 0.3) is 0 Å². The highest BCUT2D eigenvalue weighted by atomic mass is 16.6. The summed E-state index contributed by atoms with van der Waals surface area (Å²) in [7, 11) is 1.63. The van der Waals surface area contributed by atoms with Crippen LogP contribution in [0.2, 0.25) is 0 Å². The van der Waals surface area contributed by atoms with Gasteiger partial charge in [0.2, 0.25) is 0 Å². The van der Waals surface area contributed by atoms with Crippen LogP contribution in [0.4, 0.5) is 10.6 Å². The van der Waals surface area contributed by atoms with Gasteiger partial charge < -0.3 is 9.47 Å². The molecule has 0 aromatic carbocycles. The molecule has 0 N–H and O–H groups in total. The summed E-state index contributed by atoms with van der Waals surface area (Å²) in [6.07, 6.45) is 1.53. The molecule has 110 valence electrons. The lowest BCUT2D eigenvalue weighted by Crippen LogP contribution is -2.40. The SMILES string of the molecule is COCc1ccc2c(n1)N(C(=O)OC(C)(C)C)CCC2. The monoisotopic (exact) mass is 278 g/mol. The normalized spacial score (nSPS) is 14.9. The summed E-state index contributed by atoms with van der Waals surface area (Å²) in [6.45, 7) is 6.68. The number of rotatable bonds is 2. The van der Waals surface area contributed by atoms with Crippen LogP contribution in [-0.2, 0) is 22.5 Å². The summed E-state index contributed by atoms with van der Waals surface area (Å²) in [6, 6.07) is 3.97. The molecule has 1 aromatic heterocycles. The number of methoxy groups -OCH3 is 1. The lowest BCUT2D eigenvalue weighted by molar-refractivity contribution is 0.0576. The Kier molecular flexibility index (Phi) is 4.28. The van der Waals surface area contributed by atoms with E-state index >= 15 is 0 Å². The van der Waals surface area contributed by atoms with Crippen LogP contribution in [0.25, 0.3) is 0 Å². The molecule has 0 aliphatic carbocycles. The Morgan fingerprint density at radius 3 is 2.80 bits per heavy atom. The number of hydrogen-bond donors (Lipinski definition) is 0. The number of pyridine rings is 1. The molecule has 0 unspecified atom stereocenters. The largest absolute Gasteiger partial charge is 0.443 e. The highest BCUT2D eigenvalue weighted by Crippen LogP contribution is 2.27. The third kappa shape index (κ3) is 3.48. The minimum absolute atomic E-state index is 0.333. The van der Waals surface area contributed by atoms with Crippen LogP contribution >= 0.6 is 0 Å². The first-order chi connectivity index (χ1) is 9.40. The molecule has 2 rings (SSSR count). The van der Waals surface area contributed by atoms with Crippen LogP contribution in [0.15, 0.2) is 12.1 Å². The van der Waals surface area contributed by atoms with Crippen molar-refractivity contribution in [1.29, 1.82) is 0 Å². The van der Waals surface area contributed by atoms with Crippen LogP contribution in [0, 0.1) is 0 Å². The zero-order valence-electron chi connectivity index (χ0n) is 12.6. The summed E-state index contributed by atoms with van der Waals surface area (Å²) in [5.41, 5.74) is 1.41. The maximum Gasteiger partial charge on any atom is 0.416 e. The molecule has 0 radical (unpaired) electrons. The molecule has 0 saturated carbocycles. The Hall–Kier alpha value is -1.62. The van der Waals surface area contributed by atoms with Crippen molar-refractivity contribution in [1.82, 2.24) is 4.98 Å². The van der Waals surface area contributed by atoms with Gasteiger partial charge in [0.1, 0.15) is 11.4 Å². The second kappa shape index (κ2) is 5.79. The van der Waals surface area contributed by atoms with E-state index in [2.05, 4.69) is 4.98 Å². The number of hydrogen-bond acceptors (Lipinski definition) is 4. The minimum atomic E-state index is -0.501.